The van der Waals surface area contributed by atoms with E-state index in [0.717, 1.165) is 12.1 Å². The number of hydrogen-bond donors (Lipinski definition) is 3. The lowest BCUT2D eigenvalue weighted by Crippen LogP contribution is -2.11. The summed E-state index contributed by atoms with van der Waals surface area (Å²) in [6, 6.07) is 3.75. The number of halogens is 3. The predicted octanol–water partition coefficient (Wildman–Crippen LogP) is 2.85. The van der Waals surface area contributed by atoms with Crippen molar-refractivity contribution in [1.82, 2.24) is 9.97 Å². The van der Waals surface area contributed by atoms with E-state index in [9.17, 15) is 8.78 Å². The van der Waals surface area contributed by atoms with Crippen LogP contribution in [0.1, 0.15) is 5.82 Å². The Bertz CT molecular complexity index is 597. The summed E-state index contributed by atoms with van der Waals surface area (Å²) in [6.45, 7) is 1.64. The lowest BCUT2D eigenvalue weighted by molar-refractivity contribution is 0.589. The van der Waals surface area contributed by atoms with Gasteiger partial charge in [0.1, 0.15) is 23.1 Å². The topological polar surface area (TPSA) is 75.9 Å². The van der Waals surface area contributed by atoms with Gasteiger partial charge in [-0.3, -0.25) is 0 Å². The largest absolute Gasteiger partial charge is 0.335 e. The summed E-state index contributed by atoms with van der Waals surface area (Å²) in [4.78, 5) is 7.99. The highest BCUT2D eigenvalue weighted by Crippen LogP contribution is 2.26. The molecule has 0 aliphatic carbocycles. The molecule has 2 rings (SSSR count). The summed E-state index contributed by atoms with van der Waals surface area (Å²) in [5.74, 6) is 4.77. The molecule has 0 fully saturated rings. The molecule has 19 heavy (non-hydrogen) atoms. The number of aromatic nitrogens is 2. The molecule has 100 valence electrons. The smallest absolute Gasteiger partial charge is 0.150 e. The number of nitrogens with one attached hydrogen (secondary N) is 2. The maximum absolute atomic E-state index is 13.7. The van der Waals surface area contributed by atoms with Crippen LogP contribution in [0.15, 0.2) is 22.7 Å². The molecule has 0 radical (unpaired) electrons. The molecule has 1 aromatic heterocycles. The summed E-state index contributed by atoms with van der Waals surface area (Å²) in [5.41, 5.74) is 2.06. The Morgan fingerprint density at radius 3 is 2.26 bits per heavy atom. The van der Waals surface area contributed by atoms with Gasteiger partial charge in [0, 0.05) is 10.5 Å². The molecule has 0 atom stereocenters. The number of nitrogen functional groups attached to an aromatic ring is 1. The maximum atomic E-state index is 13.7. The summed E-state index contributed by atoms with van der Waals surface area (Å²) in [7, 11) is 0. The molecule has 4 N–H and O–H groups in total. The van der Waals surface area contributed by atoms with Crippen LogP contribution in [0.2, 0.25) is 0 Å². The van der Waals surface area contributed by atoms with Crippen LogP contribution in [0, 0.1) is 18.6 Å². The highest BCUT2D eigenvalue weighted by Gasteiger charge is 2.12. The third-order valence-electron chi connectivity index (χ3n) is 2.25. The van der Waals surface area contributed by atoms with Gasteiger partial charge in [-0.25, -0.2) is 24.6 Å². The Labute approximate surface area is 116 Å². The molecule has 0 spiro atoms. The summed E-state index contributed by atoms with van der Waals surface area (Å²) in [5, 5.41) is 2.57. The number of hydrazine groups is 1. The van der Waals surface area contributed by atoms with E-state index in [-0.39, 0.29) is 11.5 Å². The Morgan fingerprint density at radius 1 is 1.11 bits per heavy atom. The lowest BCUT2D eigenvalue weighted by Gasteiger charge is -2.10. The van der Waals surface area contributed by atoms with Crippen molar-refractivity contribution in [3.8, 4) is 0 Å². The zero-order chi connectivity index (χ0) is 14.0. The Kier molecular flexibility index (Phi) is 3.91. The Balaban J connectivity index is 2.39. The molecule has 0 amide bonds. The van der Waals surface area contributed by atoms with Crippen LogP contribution in [0.5, 0.6) is 0 Å². The van der Waals surface area contributed by atoms with Gasteiger partial charge in [-0.15, -0.1) is 0 Å². The van der Waals surface area contributed by atoms with Crippen molar-refractivity contribution in [2.45, 2.75) is 6.92 Å². The summed E-state index contributed by atoms with van der Waals surface area (Å²) >= 11 is 3.01. The van der Waals surface area contributed by atoms with Gasteiger partial charge in [-0.1, -0.05) is 15.9 Å². The van der Waals surface area contributed by atoms with E-state index < -0.39 is 11.6 Å². The molecule has 0 aliphatic heterocycles. The fraction of sp³-hybridized carbons (Fsp3) is 0.0909. The first-order valence-electron chi connectivity index (χ1n) is 5.23. The van der Waals surface area contributed by atoms with Gasteiger partial charge >= 0.3 is 0 Å². The molecular formula is C11H10BrF2N5. The number of benzene rings is 1. The summed E-state index contributed by atoms with van der Waals surface area (Å²) in [6.07, 6.45) is 0. The zero-order valence-electron chi connectivity index (χ0n) is 9.84. The molecule has 1 heterocycles. The molecule has 8 heteroatoms. The van der Waals surface area contributed by atoms with E-state index >= 15 is 0 Å². The number of hydrogen-bond acceptors (Lipinski definition) is 5. The van der Waals surface area contributed by atoms with E-state index in [1.165, 1.54) is 6.07 Å². The van der Waals surface area contributed by atoms with Crippen LogP contribution in [-0.2, 0) is 0 Å². The molecule has 2 aromatic rings. The van der Waals surface area contributed by atoms with Crippen LogP contribution in [0.4, 0.5) is 26.1 Å². The number of anilines is 3. The van der Waals surface area contributed by atoms with Gasteiger partial charge in [-0.05, 0) is 19.1 Å². The second-order valence-corrected chi connectivity index (χ2v) is 4.62. The van der Waals surface area contributed by atoms with Gasteiger partial charge in [0.2, 0.25) is 0 Å². The number of nitrogens with zero attached hydrogens (tertiary/aromatic N) is 2. The second kappa shape index (κ2) is 5.45. The molecule has 0 aliphatic rings. The van der Waals surface area contributed by atoms with Crippen molar-refractivity contribution in [3.05, 3.63) is 40.1 Å². The standard InChI is InChI=1S/C11H10BrF2N5/c1-5-16-9(4-10(17-5)19-15)18-11-7(13)2-6(12)3-8(11)14/h2-4H,15H2,1H3,(H2,16,17,18,19). The molecule has 0 bridgehead atoms. The Morgan fingerprint density at radius 2 is 1.68 bits per heavy atom. The van der Waals surface area contributed by atoms with E-state index in [0.29, 0.717) is 16.1 Å². The van der Waals surface area contributed by atoms with Crippen molar-refractivity contribution in [2.75, 3.05) is 10.7 Å². The number of nitrogens with two attached hydrogens (primary N) is 1. The quantitative estimate of drug-likeness (QED) is 0.596. The van der Waals surface area contributed by atoms with E-state index in [1.807, 2.05) is 0 Å². The minimum atomic E-state index is -0.731. The van der Waals surface area contributed by atoms with Crippen molar-refractivity contribution in [2.24, 2.45) is 5.84 Å². The van der Waals surface area contributed by atoms with Crippen molar-refractivity contribution in [1.29, 1.82) is 0 Å². The lowest BCUT2D eigenvalue weighted by atomic mass is 10.3. The highest BCUT2D eigenvalue weighted by molar-refractivity contribution is 9.10. The monoisotopic (exact) mass is 329 g/mol. The third kappa shape index (κ3) is 3.15. The molecule has 0 saturated carbocycles. The minimum Gasteiger partial charge on any atom is -0.335 e. The maximum Gasteiger partial charge on any atom is 0.150 e. The van der Waals surface area contributed by atoms with Crippen LogP contribution >= 0.6 is 15.9 Å². The molecular weight excluding hydrogens is 320 g/mol. The first-order valence-corrected chi connectivity index (χ1v) is 6.03. The highest BCUT2D eigenvalue weighted by atomic mass is 79.9. The van der Waals surface area contributed by atoms with E-state index in [4.69, 9.17) is 5.84 Å². The number of aryl methyl sites for hydroxylation is 1. The van der Waals surface area contributed by atoms with E-state index in [2.05, 4.69) is 36.6 Å². The predicted molar refractivity (Wildman–Crippen MR) is 71.9 cm³/mol. The van der Waals surface area contributed by atoms with Gasteiger partial charge in [-0.2, -0.15) is 0 Å². The second-order valence-electron chi connectivity index (χ2n) is 3.70. The van der Waals surface area contributed by atoms with Gasteiger partial charge in [0.05, 0.1) is 0 Å². The van der Waals surface area contributed by atoms with Crippen LogP contribution in [0.25, 0.3) is 0 Å². The zero-order valence-corrected chi connectivity index (χ0v) is 11.4. The van der Waals surface area contributed by atoms with Gasteiger partial charge < -0.3 is 10.7 Å². The Hall–Kier alpha value is -1.80. The average molecular weight is 330 g/mol. The van der Waals surface area contributed by atoms with Gasteiger partial charge in [0.15, 0.2) is 11.6 Å². The number of rotatable bonds is 3. The van der Waals surface area contributed by atoms with Crippen molar-refractivity contribution >= 4 is 33.3 Å². The molecule has 0 saturated heterocycles. The SMILES string of the molecule is Cc1nc(NN)cc(Nc2c(F)cc(Br)cc2F)n1. The van der Waals surface area contributed by atoms with Crippen LogP contribution < -0.4 is 16.6 Å². The van der Waals surface area contributed by atoms with Gasteiger partial charge in [0.25, 0.3) is 0 Å². The van der Waals surface area contributed by atoms with Crippen LogP contribution in [0.3, 0.4) is 0 Å². The van der Waals surface area contributed by atoms with Crippen molar-refractivity contribution < 1.29 is 8.78 Å². The van der Waals surface area contributed by atoms with E-state index in [1.54, 1.807) is 6.92 Å². The van der Waals surface area contributed by atoms with Crippen LogP contribution in [-0.4, -0.2) is 9.97 Å². The summed E-state index contributed by atoms with van der Waals surface area (Å²) < 4.78 is 27.6. The minimum absolute atomic E-state index is 0.237. The molecule has 1 aromatic carbocycles. The van der Waals surface area contributed by atoms with Crippen molar-refractivity contribution in [3.63, 3.8) is 0 Å². The molecule has 0 unspecified atom stereocenters. The average Bonchev–Trinajstić information content (AvgIpc) is 2.33. The third-order valence-corrected chi connectivity index (χ3v) is 2.70. The normalized spacial score (nSPS) is 10.4. The first-order chi connectivity index (χ1) is 8.99. The fourth-order valence-electron chi connectivity index (χ4n) is 1.50. The fourth-order valence-corrected chi connectivity index (χ4v) is 1.90. The molecule has 5 nitrogen and oxygen atoms in total. The first kappa shape index (κ1) is 13.6.